The van der Waals surface area contributed by atoms with Crippen LogP contribution in [-0.4, -0.2) is 30.9 Å². The number of tetrazole rings is 1. The molecule has 6 nitrogen and oxygen atoms in total. The lowest BCUT2D eigenvalue weighted by atomic mass is 10.0. The second kappa shape index (κ2) is 7.92. The van der Waals surface area contributed by atoms with Gasteiger partial charge in [-0.3, -0.25) is 0 Å². The van der Waals surface area contributed by atoms with Gasteiger partial charge in [-0.1, -0.05) is 80.6 Å². The summed E-state index contributed by atoms with van der Waals surface area (Å²) in [5, 5.41) is 12.0. The molecule has 2 aromatic carbocycles. The largest absolute Gasteiger partial charge is 0.228 e. The van der Waals surface area contributed by atoms with Crippen molar-refractivity contribution in [2.24, 2.45) is 4.99 Å². The van der Waals surface area contributed by atoms with Gasteiger partial charge in [-0.15, -0.1) is 5.10 Å². The molecule has 4 aromatic rings. The van der Waals surface area contributed by atoms with Crippen molar-refractivity contribution in [2.75, 3.05) is 0 Å². The van der Waals surface area contributed by atoms with E-state index < -0.39 is 0 Å². The van der Waals surface area contributed by atoms with E-state index >= 15 is 0 Å². The van der Waals surface area contributed by atoms with Crippen LogP contribution >= 0.6 is 0 Å². The first-order chi connectivity index (χ1) is 13.7. The molecular weight excluding hydrogens is 348 g/mol. The minimum Gasteiger partial charge on any atom is -0.228 e. The standard InChI is InChI=1S/C22H20N6/c1-16(2)22-25-26-27-28(22)20-15-9-14-19(23-20)24-21(17-10-5-3-6-11-17)18-12-7-4-8-13-18/h3-16H,1-2H3. The molecule has 0 fully saturated rings. The number of benzene rings is 2. The van der Waals surface area contributed by atoms with Gasteiger partial charge in [0.05, 0.1) is 5.71 Å². The molecule has 0 N–H and O–H groups in total. The van der Waals surface area contributed by atoms with E-state index in [-0.39, 0.29) is 5.92 Å². The van der Waals surface area contributed by atoms with Gasteiger partial charge in [0.25, 0.3) is 0 Å². The maximum atomic E-state index is 4.87. The van der Waals surface area contributed by atoms with Crippen molar-refractivity contribution in [1.82, 2.24) is 25.2 Å². The molecule has 138 valence electrons. The average Bonchev–Trinajstić information content (AvgIpc) is 3.24. The van der Waals surface area contributed by atoms with Crippen molar-refractivity contribution in [1.29, 1.82) is 0 Å². The highest BCUT2D eigenvalue weighted by Gasteiger charge is 2.13. The zero-order chi connectivity index (χ0) is 19.3. The fraction of sp³-hybridized carbons (Fsp3) is 0.136. The molecule has 28 heavy (non-hydrogen) atoms. The predicted molar refractivity (Wildman–Crippen MR) is 109 cm³/mol. The minimum absolute atomic E-state index is 0.188. The Morgan fingerprint density at radius 3 is 2.07 bits per heavy atom. The van der Waals surface area contributed by atoms with Crippen LogP contribution in [0.4, 0.5) is 5.82 Å². The van der Waals surface area contributed by atoms with Gasteiger partial charge in [-0.2, -0.15) is 4.68 Å². The lowest BCUT2D eigenvalue weighted by molar-refractivity contribution is 0.697. The SMILES string of the molecule is CC(C)c1nnnn1-c1cccc(N=C(c2ccccc2)c2ccccc2)n1. The van der Waals surface area contributed by atoms with Gasteiger partial charge in [0.1, 0.15) is 0 Å². The number of hydrogen-bond acceptors (Lipinski definition) is 5. The third-order valence-electron chi connectivity index (χ3n) is 4.27. The highest BCUT2D eigenvalue weighted by atomic mass is 15.6. The van der Waals surface area contributed by atoms with E-state index in [4.69, 9.17) is 4.99 Å². The molecule has 2 heterocycles. The Hall–Kier alpha value is -3.67. The molecule has 0 radical (unpaired) electrons. The van der Waals surface area contributed by atoms with E-state index in [2.05, 4.69) is 20.5 Å². The van der Waals surface area contributed by atoms with E-state index in [0.29, 0.717) is 11.6 Å². The summed E-state index contributed by atoms with van der Waals surface area (Å²) < 4.78 is 1.66. The first kappa shape index (κ1) is 17.7. The van der Waals surface area contributed by atoms with Crippen LogP contribution in [0.2, 0.25) is 0 Å². The Bertz CT molecular complexity index is 1040. The summed E-state index contributed by atoms with van der Waals surface area (Å²) in [5.41, 5.74) is 2.93. The van der Waals surface area contributed by atoms with Crippen LogP contribution in [-0.2, 0) is 0 Å². The normalized spacial score (nSPS) is 10.8. The second-order valence-corrected chi connectivity index (χ2v) is 6.65. The van der Waals surface area contributed by atoms with Gasteiger partial charge in [-0.05, 0) is 22.6 Å². The van der Waals surface area contributed by atoms with Gasteiger partial charge < -0.3 is 0 Å². The number of aromatic nitrogens is 5. The zero-order valence-electron chi connectivity index (χ0n) is 15.8. The highest BCUT2D eigenvalue weighted by molar-refractivity contribution is 6.13. The zero-order valence-corrected chi connectivity index (χ0v) is 15.8. The molecule has 0 saturated heterocycles. The Kier molecular flexibility index (Phi) is 5.01. The number of pyridine rings is 1. The van der Waals surface area contributed by atoms with Crippen molar-refractivity contribution in [2.45, 2.75) is 19.8 Å². The quantitative estimate of drug-likeness (QED) is 0.491. The molecular formula is C22H20N6. The van der Waals surface area contributed by atoms with Gasteiger partial charge in [0.2, 0.25) is 0 Å². The first-order valence-corrected chi connectivity index (χ1v) is 9.17. The van der Waals surface area contributed by atoms with Crippen molar-refractivity contribution < 1.29 is 0 Å². The summed E-state index contributed by atoms with van der Waals surface area (Å²) in [5.74, 6) is 2.20. The predicted octanol–water partition coefficient (Wildman–Crippen LogP) is 4.35. The molecule has 0 aliphatic rings. The molecule has 4 rings (SSSR count). The molecule has 2 aromatic heterocycles. The minimum atomic E-state index is 0.188. The lowest BCUT2D eigenvalue weighted by Crippen LogP contribution is -2.07. The summed E-state index contributed by atoms with van der Waals surface area (Å²) in [6.07, 6.45) is 0. The monoisotopic (exact) mass is 368 g/mol. The lowest BCUT2D eigenvalue weighted by Gasteiger charge is -2.09. The van der Waals surface area contributed by atoms with Crippen LogP contribution in [0.3, 0.4) is 0 Å². The Balaban J connectivity index is 1.80. The third kappa shape index (κ3) is 3.71. The van der Waals surface area contributed by atoms with Crippen LogP contribution in [0.5, 0.6) is 0 Å². The molecule has 0 aliphatic heterocycles. The molecule has 0 aliphatic carbocycles. The number of aliphatic imine (C=N–C) groups is 1. The fourth-order valence-electron chi connectivity index (χ4n) is 2.91. The summed E-state index contributed by atoms with van der Waals surface area (Å²) in [7, 11) is 0. The third-order valence-corrected chi connectivity index (χ3v) is 4.27. The molecule has 0 saturated carbocycles. The Labute approximate surface area is 163 Å². The molecule has 6 heteroatoms. The van der Waals surface area contributed by atoms with Crippen molar-refractivity contribution in [3.63, 3.8) is 0 Å². The van der Waals surface area contributed by atoms with Crippen LogP contribution < -0.4 is 0 Å². The van der Waals surface area contributed by atoms with Gasteiger partial charge in [0, 0.05) is 17.0 Å². The van der Waals surface area contributed by atoms with E-state index in [1.165, 1.54) is 0 Å². The maximum Gasteiger partial charge on any atom is 0.161 e. The molecule has 0 unspecified atom stereocenters. The van der Waals surface area contributed by atoms with Crippen molar-refractivity contribution in [3.05, 3.63) is 95.8 Å². The van der Waals surface area contributed by atoms with Gasteiger partial charge in [-0.25, -0.2) is 9.98 Å². The van der Waals surface area contributed by atoms with Gasteiger partial charge >= 0.3 is 0 Å². The number of nitrogens with zero attached hydrogens (tertiary/aromatic N) is 6. The summed E-state index contributed by atoms with van der Waals surface area (Å²) >= 11 is 0. The fourth-order valence-corrected chi connectivity index (χ4v) is 2.91. The summed E-state index contributed by atoms with van der Waals surface area (Å²) in [6, 6.07) is 25.9. The maximum absolute atomic E-state index is 4.87. The van der Waals surface area contributed by atoms with Crippen LogP contribution in [0.25, 0.3) is 5.82 Å². The topological polar surface area (TPSA) is 68.8 Å². The molecule has 0 bridgehead atoms. The van der Waals surface area contributed by atoms with Crippen molar-refractivity contribution in [3.8, 4) is 5.82 Å². The van der Waals surface area contributed by atoms with Crippen LogP contribution in [0.15, 0.2) is 83.9 Å². The Morgan fingerprint density at radius 2 is 1.46 bits per heavy atom. The van der Waals surface area contributed by atoms with E-state index in [1.54, 1.807) is 4.68 Å². The van der Waals surface area contributed by atoms with E-state index in [1.807, 2.05) is 92.7 Å². The number of hydrogen-bond donors (Lipinski definition) is 0. The molecule has 0 amide bonds. The average molecular weight is 368 g/mol. The van der Waals surface area contributed by atoms with Gasteiger partial charge in [0.15, 0.2) is 17.5 Å². The second-order valence-electron chi connectivity index (χ2n) is 6.65. The molecule has 0 spiro atoms. The Morgan fingerprint density at radius 1 is 0.821 bits per heavy atom. The van der Waals surface area contributed by atoms with Crippen LogP contribution in [0.1, 0.15) is 36.7 Å². The summed E-state index contributed by atoms with van der Waals surface area (Å²) in [6.45, 7) is 4.10. The first-order valence-electron chi connectivity index (χ1n) is 9.17. The van der Waals surface area contributed by atoms with Crippen LogP contribution in [0, 0.1) is 0 Å². The van der Waals surface area contributed by atoms with E-state index in [9.17, 15) is 0 Å². The highest BCUT2D eigenvalue weighted by Crippen LogP contribution is 2.19. The number of rotatable bonds is 5. The van der Waals surface area contributed by atoms with E-state index in [0.717, 1.165) is 22.7 Å². The summed E-state index contributed by atoms with van der Waals surface area (Å²) in [4.78, 5) is 9.55. The smallest absolute Gasteiger partial charge is 0.161 e. The molecule has 0 atom stereocenters. The van der Waals surface area contributed by atoms with Crippen molar-refractivity contribution >= 4 is 11.5 Å².